The smallest absolute Gasteiger partial charge is 0.243 e. The summed E-state index contributed by atoms with van der Waals surface area (Å²) < 4.78 is 34.2. The van der Waals surface area contributed by atoms with Crippen LogP contribution in [0.2, 0.25) is 5.02 Å². The van der Waals surface area contributed by atoms with Crippen molar-refractivity contribution < 1.29 is 17.9 Å². The molecule has 0 bridgehead atoms. The molecule has 30 heavy (non-hydrogen) atoms. The van der Waals surface area contributed by atoms with Gasteiger partial charge in [-0.25, -0.2) is 13.4 Å². The number of fused-ring (bicyclic) bond motifs is 1. The maximum Gasteiger partial charge on any atom is 0.243 e. The van der Waals surface area contributed by atoms with Gasteiger partial charge in [0.25, 0.3) is 0 Å². The summed E-state index contributed by atoms with van der Waals surface area (Å²) in [5.74, 6) is -0.208. The van der Waals surface area contributed by atoms with Gasteiger partial charge in [0.1, 0.15) is 0 Å². The van der Waals surface area contributed by atoms with Gasteiger partial charge in [0.15, 0.2) is 5.16 Å². The van der Waals surface area contributed by atoms with Crippen molar-refractivity contribution in [2.75, 3.05) is 37.4 Å². The summed E-state index contributed by atoms with van der Waals surface area (Å²) in [7, 11) is -3.68. The largest absolute Gasteiger partial charge is 0.379 e. The first-order valence-electron chi connectivity index (χ1n) is 9.17. The number of pyridine rings is 1. The Hall–Kier alpha value is -2.11. The van der Waals surface area contributed by atoms with Crippen LogP contribution in [0, 0.1) is 0 Å². The van der Waals surface area contributed by atoms with E-state index in [9.17, 15) is 13.2 Å². The normalized spacial score (nSPS) is 15.4. The number of morpholine rings is 1. The number of aromatic nitrogens is 2. The number of anilines is 1. The van der Waals surface area contributed by atoms with Gasteiger partial charge in [0, 0.05) is 19.3 Å². The number of sulfonamides is 1. The zero-order valence-electron chi connectivity index (χ0n) is 15.8. The van der Waals surface area contributed by atoms with Gasteiger partial charge in [-0.1, -0.05) is 29.4 Å². The van der Waals surface area contributed by atoms with Crippen LogP contribution in [0.25, 0.3) is 5.52 Å². The van der Waals surface area contributed by atoms with E-state index in [2.05, 4.69) is 10.3 Å². The van der Waals surface area contributed by atoms with Gasteiger partial charge in [-0.05, 0) is 30.3 Å². The highest BCUT2D eigenvalue weighted by molar-refractivity contribution is 7.99. The number of thioether (sulfide) groups is 1. The summed E-state index contributed by atoms with van der Waals surface area (Å²) in [6.45, 7) is 1.30. The van der Waals surface area contributed by atoms with E-state index in [4.69, 9.17) is 16.3 Å². The molecule has 1 amide bonds. The molecule has 2 aromatic heterocycles. The highest BCUT2D eigenvalue weighted by atomic mass is 35.5. The molecule has 0 spiro atoms. The van der Waals surface area contributed by atoms with Crippen molar-refractivity contribution in [3.8, 4) is 0 Å². The van der Waals surface area contributed by atoms with E-state index in [0.717, 1.165) is 5.52 Å². The van der Waals surface area contributed by atoms with Gasteiger partial charge in [0.2, 0.25) is 15.9 Å². The number of amides is 1. The van der Waals surface area contributed by atoms with Crippen LogP contribution >= 0.6 is 23.4 Å². The summed E-state index contributed by atoms with van der Waals surface area (Å²) in [6, 6.07) is 10.0. The molecule has 3 heterocycles. The molecule has 1 aliphatic heterocycles. The molecule has 0 saturated carbocycles. The number of nitrogens with zero attached hydrogens (tertiary/aromatic N) is 3. The van der Waals surface area contributed by atoms with Crippen molar-refractivity contribution in [2.45, 2.75) is 10.1 Å². The van der Waals surface area contributed by atoms with Crippen LogP contribution in [0.5, 0.6) is 0 Å². The van der Waals surface area contributed by atoms with Crippen LogP contribution in [0.15, 0.2) is 58.8 Å². The van der Waals surface area contributed by atoms with E-state index in [1.165, 1.54) is 34.3 Å². The lowest BCUT2D eigenvalue weighted by molar-refractivity contribution is -0.113. The Labute approximate surface area is 183 Å². The molecule has 0 aliphatic carbocycles. The molecule has 11 heteroatoms. The Bertz CT molecular complexity index is 1180. The van der Waals surface area contributed by atoms with Crippen molar-refractivity contribution in [1.29, 1.82) is 0 Å². The number of carbonyl (C=O) groups is 1. The van der Waals surface area contributed by atoms with Crippen molar-refractivity contribution in [2.24, 2.45) is 0 Å². The Morgan fingerprint density at radius 2 is 2.03 bits per heavy atom. The maximum absolute atomic E-state index is 12.8. The first-order chi connectivity index (χ1) is 14.4. The van der Waals surface area contributed by atoms with E-state index in [1.807, 2.05) is 28.8 Å². The van der Waals surface area contributed by atoms with Gasteiger partial charge in [-0.2, -0.15) is 4.31 Å². The number of imidazole rings is 1. The van der Waals surface area contributed by atoms with Crippen molar-refractivity contribution in [3.05, 3.63) is 53.8 Å². The fourth-order valence-corrected chi connectivity index (χ4v) is 5.40. The molecule has 8 nitrogen and oxygen atoms in total. The minimum absolute atomic E-state index is 0.0796. The molecule has 0 unspecified atom stereocenters. The molecule has 1 N–H and O–H groups in total. The second kappa shape index (κ2) is 8.94. The van der Waals surface area contributed by atoms with Gasteiger partial charge in [-0.3, -0.25) is 9.20 Å². The fraction of sp³-hybridized carbons (Fsp3) is 0.263. The quantitative estimate of drug-likeness (QED) is 0.561. The first kappa shape index (κ1) is 21.1. The average Bonchev–Trinajstić information content (AvgIpc) is 3.17. The van der Waals surface area contributed by atoms with E-state index < -0.39 is 10.0 Å². The monoisotopic (exact) mass is 466 g/mol. The van der Waals surface area contributed by atoms with Crippen LogP contribution in [0.4, 0.5) is 5.69 Å². The van der Waals surface area contributed by atoms with Gasteiger partial charge < -0.3 is 10.1 Å². The van der Waals surface area contributed by atoms with Crippen molar-refractivity contribution in [3.63, 3.8) is 0 Å². The minimum atomic E-state index is -3.68. The number of carbonyl (C=O) groups excluding carboxylic acids is 1. The molecule has 0 atom stereocenters. The standard InChI is InChI=1S/C19H19ClN4O4S2/c20-16-5-4-15(30(26,27)23-7-9-28-10-8-23)11-17(16)22-18(25)13-29-19-21-12-14-3-1-2-6-24(14)19/h1-6,11-12H,7-10,13H2,(H,22,25). The van der Waals surface area contributed by atoms with Gasteiger partial charge >= 0.3 is 0 Å². The average molecular weight is 467 g/mol. The van der Waals surface area contributed by atoms with Crippen LogP contribution in [0.1, 0.15) is 0 Å². The zero-order chi connectivity index (χ0) is 21.1. The fourth-order valence-electron chi connectivity index (χ4n) is 3.04. The molecule has 1 fully saturated rings. The summed E-state index contributed by atoms with van der Waals surface area (Å²) in [6.07, 6.45) is 3.61. The molecule has 1 aromatic carbocycles. The second-order valence-corrected chi connectivity index (χ2v) is 9.82. The number of ether oxygens (including phenoxy) is 1. The van der Waals surface area contributed by atoms with Crippen molar-refractivity contribution >= 4 is 50.5 Å². The third-order valence-electron chi connectivity index (χ3n) is 4.56. The number of hydrogen-bond donors (Lipinski definition) is 1. The van der Waals surface area contributed by atoms with Crippen LogP contribution in [0.3, 0.4) is 0 Å². The molecule has 158 valence electrons. The van der Waals surface area contributed by atoms with E-state index >= 15 is 0 Å². The number of benzene rings is 1. The SMILES string of the molecule is O=C(CSc1ncc2ccccn12)Nc1cc(S(=O)(=O)N2CCOCC2)ccc1Cl. The molecule has 4 rings (SSSR count). The highest BCUT2D eigenvalue weighted by Gasteiger charge is 2.27. The summed E-state index contributed by atoms with van der Waals surface area (Å²) in [4.78, 5) is 16.8. The molecule has 1 aliphatic rings. The third kappa shape index (κ3) is 4.47. The van der Waals surface area contributed by atoms with Gasteiger partial charge in [0.05, 0.1) is 46.3 Å². The highest BCUT2D eigenvalue weighted by Crippen LogP contribution is 2.28. The predicted molar refractivity (Wildman–Crippen MR) is 116 cm³/mol. The zero-order valence-corrected chi connectivity index (χ0v) is 18.2. The van der Waals surface area contributed by atoms with Crippen LogP contribution in [-0.4, -0.2) is 60.1 Å². The maximum atomic E-state index is 12.8. The van der Waals surface area contributed by atoms with Crippen molar-refractivity contribution in [1.82, 2.24) is 13.7 Å². The lowest BCUT2D eigenvalue weighted by atomic mass is 10.3. The third-order valence-corrected chi connectivity index (χ3v) is 7.75. The topological polar surface area (TPSA) is 93.0 Å². The lowest BCUT2D eigenvalue weighted by Crippen LogP contribution is -2.40. The number of hydrogen-bond acceptors (Lipinski definition) is 6. The predicted octanol–water partition coefficient (Wildman–Crippen LogP) is 2.74. The lowest BCUT2D eigenvalue weighted by Gasteiger charge is -2.26. The molecule has 0 radical (unpaired) electrons. The molecular weight excluding hydrogens is 448 g/mol. The summed E-state index contributed by atoms with van der Waals surface area (Å²) >= 11 is 7.47. The number of rotatable bonds is 6. The number of halogens is 1. The van der Waals surface area contributed by atoms with Crippen LogP contribution in [-0.2, 0) is 19.6 Å². The Morgan fingerprint density at radius 3 is 2.83 bits per heavy atom. The summed E-state index contributed by atoms with van der Waals surface area (Å²) in [5, 5.41) is 3.65. The minimum Gasteiger partial charge on any atom is -0.379 e. The summed E-state index contributed by atoms with van der Waals surface area (Å²) in [5.41, 5.74) is 1.19. The van der Waals surface area contributed by atoms with E-state index in [1.54, 1.807) is 6.20 Å². The van der Waals surface area contributed by atoms with Crippen LogP contribution < -0.4 is 5.32 Å². The Balaban J connectivity index is 1.46. The Kier molecular flexibility index (Phi) is 6.30. The molecular formula is C19H19ClN4O4S2. The van der Waals surface area contributed by atoms with Gasteiger partial charge in [-0.15, -0.1) is 0 Å². The first-order valence-corrected chi connectivity index (χ1v) is 12.0. The van der Waals surface area contributed by atoms with E-state index in [0.29, 0.717) is 31.5 Å². The Morgan fingerprint density at radius 1 is 1.23 bits per heavy atom. The van der Waals surface area contributed by atoms with E-state index in [-0.39, 0.29) is 27.3 Å². The molecule has 3 aromatic rings. The molecule has 1 saturated heterocycles. The number of nitrogens with one attached hydrogen (secondary N) is 1. The second-order valence-electron chi connectivity index (χ2n) is 6.53.